The third kappa shape index (κ3) is 3.21. The molecule has 0 N–H and O–H groups in total. The Bertz CT molecular complexity index is 697. The number of fused-ring (bicyclic) bond motifs is 6. The molecule has 5 aliphatic rings. The summed E-state index contributed by atoms with van der Waals surface area (Å²) in [7, 11) is -1.28. The van der Waals surface area contributed by atoms with Gasteiger partial charge < -0.3 is 0 Å². The number of unbranched alkanes of at least 4 members (excludes halogenated alkanes) is 2. The number of allylic oxidation sites excluding steroid dienone is 8. The third-order valence-electron chi connectivity index (χ3n) is 10.6. The van der Waals surface area contributed by atoms with Crippen molar-refractivity contribution in [1.29, 1.82) is 0 Å². The Morgan fingerprint density at radius 2 is 1.13 bits per heavy atom. The molecule has 0 nitrogen and oxygen atoms in total. The van der Waals surface area contributed by atoms with Gasteiger partial charge in [0, 0.05) is 0 Å². The van der Waals surface area contributed by atoms with E-state index in [9.17, 15) is 0 Å². The second kappa shape index (κ2) is 8.44. The molecule has 0 aromatic rings. The van der Waals surface area contributed by atoms with Crippen molar-refractivity contribution in [3.63, 3.8) is 0 Å². The van der Waals surface area contributed by atoms with Gasteiger partial charge in [0.1, 0.15) is 0 Å². The average Bonchev–Trinajstić information content (AvgIpc) is 3.35. The van der Waals surface area contributed by atoms with Gasteiger partial charge in [-0.2, -0.15) is 0 Å². The van der Waals surface area contributed by atoms with Crippen LogP contribution in [-0.2, 0) is 20.3 Å². The third-order valence-corrected chi connectivity index (χ3v) is 33.9. The van der Waals surface area contributed by atoms with E-state index in [0.29, 0.717) is 0 Å². The Kier molecular flexibility index (Phi) is 6.16. The van der Waals surface area contributed by atoms with Crippen LogP contribution >= 0.6 is 0 Å². The molecule has 0 amide bonds. The van der Waals surface area contributed by atoms with Gasteiger partial charge in [-0.1, -0.05) is 0 Å². The van der Waals surface area contributed by atoms with Crippen LogP contribution in [0.5, 0.6) is 0 Å². The van der Waals surface area contributed by atoms with E-state index in [1.165, 1.54) is 25.7 Å². The first-order valence-corrected chi connectivity index (χ1v) is 22.7. The molecule has 0 aromatic heterocycles. The minimum absolute atomic E-state index is 0.882. The zero-order valence-electron chi connectivity index (χ0n) is 19.9. The molecule has 2 heteroatoms. The summed E-state index contributed by atoms with van der Waals surface area (Å²) in [5.74, 6) is 3.60. The fraction of sp³-hybridized carbons (Fsp3) is 0.714. The molecule has 5 rings (SSSR count). The molecular weight excluding hydrogens is 456 g/mol. The Morgan fingerprint density at radius 3 is 1.57 bits per heavy atom. The van der Waals surface area contributed by atoms with Crippen LogP contribution < -0.4 is 0 Å². The molecule has 2 saturated carbocycles. The van der Waals surface area contributed by atoms with Gasteiger partial charge >= 0.3 is 193 Å². The van der Waals surface area contributed by atoms with Crippen LogP contribution in [0, 0.1) is 23.7 Å². The van der Waals surface area contributed by atoms with Crippen LogP contribution in [0.25, 0.3) is 0 Å². The summed E-state index contributed by atoms with van der Waals surface area (Å²) in [5.41, 5.74) is 2.25. The summed E-state index contributed by atoms with van der Waals surface area (Å²) in [5, 5.41) is 0. The van der Waals surface area contributed by atoms with E-state index in [2.05, 4.69) is 75.5 Å². The Morgan fingerprint density at radius 1 is 0.700 bits per heavy atom. The first kappa shape index (κ1) is 21.9. The molecule has 8 unspecified atom stereocenters. The van der Waals surface area contributed by atoms with Crippen molar-refractivity contribution in [1.82, 2.24) is 0 Å². The first-order valence-electron chi connectivity index (χ1n) is 13.2. The van der Waals surface area contributed by atoms with Gasteiger partial charge in [0.25, 0.3) is 0 Å². The summed E-state index contributed by atoms with van der Waals surface area (Å²) in [6.07, 6.45) is 29.3. The van der Waals surface area contributed by atoms with Crippen molar-refractivity contribution in [3.8, 4) is 0 Å². The van der Waals surface area contributed by atoms with E-state index in [-0.39, 0.29) is 0 Å². The van der Waals surface area contributed by atoms with Crippen molar-refractivity contribution in [2.45, 2.75) is 92.1 Å². The van der Waals surface area contributed by atoms with E-state index in [1.807, 2.05) is 0 Å². The van der Waals surface area contributed by atoms with E-state index < -0.39 is 28.3 Å². The van der Waals surface area contributed by atoms with Crippen molar-refractivity contribution >= 4 is 8.07 Å². The summed E-state index contributed by atoms with van der Waals surface area (Å²) >= 11 is -2.45. The fourth-order valence-corrected chi connectivity index (χ4v) is 44.4. The van der Waals surface area contributed by atoms with Gasteiger partial charge in [0.2, 0.25) is 0 Å². The summed E-state index contributed by atoms with van der Waals surface area (Å²) in [4.78, 5) is 0. The predicted octanol–water partition coefficient (Wildman–Crippen LogP) is 9.14. The van der Waals surface area contributed by atoms with Crippen LogP contribution in [0.4, 0.5) is 0 Å². The maximum atomic E-state index is 2.85. The maximum absolute atomic E-state index is 2.85. The van der Waals surface area contributed by atoms with E-state index in [4.69, 9.17) is 0 Å². The summed E-state index contributed by atoms with van der Waals surface area (Å²) in [6.45, 7) is 10.6. The number of hydrogen-bond acceptors (Lipinski definition) is 0. The SMILES string of the molecule is CCC[CH2][Zr]1([CH2]CCC)[CH]2C3C=CC=CC3CC2[Si](C)(C)C2CC3C=CC=CC3[CH]21. The average molecular weight is 500 g/mol. The molecule has 0 spiro atoms. The molecule has 1 heterocycles. The Hall–Kier alpha value is 0.0600. The van der Waals surface area contributed by atoms with Crippen LogP contribution in [0.2, 0.25) is 39.7 Å². The van der Waals surface area contributed by atoms with E-state index in [1.54, 1.807) is 21.1 Å². The van der Waals surface area contributed by atoms with Crippen LogP contribution in [0.3, 0.4) is 0 Å². The number of rotatable bonds is 6. The van der Waals surface area contributed by atoms with Crippen LogP contribution in [-0.4, -0.2) is 8.07 Å². The molecule has 1 saturated heterocycles. The molecule has 1 aliphatic heterocycles. The van der Waals surface area contributed by atoms with Crippen molar-refractivity contribution in [2.75, 3.05) is 0 Å². The summed E-state index contributed by atoms with van der Waals surface area (Å²) in [6, 6.07) is 0. The molecule has 30 heavy (non-hydrogen) atoms. The molecule has 0 bridgehead atoms. The number of hydrogen-bond donors (Lipinski definition) is 0. The molecular formula is C28H44SiZr. The standard InChI is InChI=1S/C20H26Si.2C4H9.Zr/c1-21(2,19-11-15-7-3-4-8-16(15)12-19)20-13-17-9-5-6-10-18(17)14-20;2*1-3-4-2;/h3-11,13,15-20H,12,14H2,1-2H3;2*1,3-4H2,2H3;. The van der Waals surface area contributed by atoms with Crippen LogP contribution in [0.1, 0.15) is 52.4 Å². The first-order chi connectivity index (χ1) is 14.5. The predicted molar refractivity (Wildman–Crippen MR) is 132 cm³/mol. The molecule has 164 valence electrons. The van der Waals surface area contributed by atoms with Crippen molar-refractivity contribution < 1.29 is 20.3 Å². The molecule has 0 radical (unpaired) electrons. The quantitative estimate of drug-likeness (QED) is 0.319. The van der Waals surface area contributed by atoms with E-state index >= 15 is 0 Å². The Labute approximate surface area is 191 Å². The van der Waals surface area contributed by atoms with Gasteiger partial charge in [-0.3, -0.25) is 0 Å². The van der Waals surface area contributed by atoms with Gasteiger partial charge in [0.15, 0.2) is 0 Å². The normalized spacial score (nSPS) is 43.9. The van der Waals surface area contributed by atoms with Gasteiger partial charge in [-0.05, 0) is 0 Å². The molecule has 3 fully saturated rings. The zero-order valence-corrected chi connectivity index (χ0v) is 23.4. The Balaban J connectivity index is 1.66. The second-order valence-corrected chi connectivity index (χ2v) is 28.9. The van der Waals surface area contributed by atoms with Gasteiger partial charge in [-0.15, -0.1) is 0 Å². The van der Waals surface area contributed by atoms with Gasteiger partial charge in [-0.25, -0.2) is 0 Å². The minimum atomic E-state index is -2.45. The second-order valence-electron chi connectivity index (χ2n) is 12.0. The van der Waals surface area contributed by atoms with Gasteiger partial charge in [0.05, 0.1) is 0 Å². The molecule has 8 atom stereocenters. The van der Waals surface area contributed by atoms with E-state index in [0.717, 1.165) is 42.0 Å². The summed E-state index contributed by atoms with van der Waals surface area (Å²) < 4.78 is 5.73. The van der Waals surface area contributed by atoms with Crippen molar-refractivity contribution in [3.05, 3.63) is 48.6 Å². The zero-order chi connectivity index (χ0) is 20.9. The topological polar surface area (TPSA) is 0 Å². The monoisotopic (exact) mass is 498 g/mol. The fourth-order valence-electron chi connectivity index (χ4n) is 9.40. The molecule has 0 aromatic carbocycles. The van der Waals surface area contributed by atoms with Crippen LogP contribution in [0.15, 0.2) is 48.6 Å². The van der Waals surface area contributed by atoms with Crippen molar-refractivity contribution in [2.24, 2.45) is 23.7 Å². The molecule has 4 aliphatic carbocycles.